The Kier molecular flexibility index (Phi) is 9.47. The van der Waals surface area contributed by atoms with Crippen molar-refractivity contribution in [3.63, 3.8) is 0 Å². The number of halogens is 3. The topological polar surface area (TPSA) is 21.3 Å². The highest BCUT2D eigenvalue weighted by molar-refractivity contribution is 4.81. The van der Waals surface area contributed by atoms with Crippen LogP contribution in [0.15, 0.2) is 0 Å². The number of hydrogen-bond donors (Lipinski definition) is 1. The Hall–Kier alpha value is -0.290. The first kappa shape index (κ1) is 19.7. The number of hydrogen-bond acceptors (Lipinski definition) is 2. The fourth-order valence-electron chi connectivity index (χ4n) is 2.23. The zero-order chi connectivity index (χ0) is 15.6. The van der Waals surface area contributed by atoms with Gasteiger partial charge in [-0.15, -0.1) is 0 Å². The Morgan fingerprint density at radius 1 is 1.10 bits per heavy atom. The highest BCUT2D eigenvalue weighted by Crippen LogP contribution is 2.32. The van der Waals surface area contributed by atoms with E-state index in [0.29, 0.717) is 12.5 Å². The van der Waals surface area contributed by atoms with Gasteiger partial charge >= 0.3 is 6.18 Å². The summed E-state index contributed by atoms with van der Waals surface area (Å²) >= 11 is 0. The molecule has 0 fully saturated rings. The van der Waals surface area contributed by atoms with Crippen molar-refractivity contribution < 1.29 is 17.9 Å². The molecule has 0 aromatic heterocycles. The van der Waals surface area contributed by atoms with Crippen molar-refractivity contribution in [2.24, 2.45) is 5.41 Å². The Morgan fingerprint density at radius 2 is 1.75 bits per heavy atom. The summed E-state index contributed by atoms with van der Waals surface area (Å²) in [5.74, 6) is 0. The smallest absolute Gasteiger partial charge is 0.372 e. The largest absolute Gasteiger partial charge is 0.411 e. The lowest BCUT2D eigenvalue weighted by atomic mass is 9.77. The fraction of sp³-hybridized carbons (Fsp3) is 1.00. The van der Waals surface area contributed by atoms with Crippen LogP contribution < -0.4 is 5.32 Å². The molecule has 1 unspecified atom stereocenters. The second-order valence-electron chi connectivity index (χ2n) is 5.91. The van der Waals surface area contributed by atoms with E-state index < -0.39 is 12.8 Å². The third kappa shape index (κ3) is 9.59. The van der Waals surface area contributed by atoms with E-state index in [1.54, 1.807) is 0 Å². The predicted octanol–water partition coefficient (Wildman–Crippen LogP) is 4.54. The van der Waals surface area contributed by atoms with Crippen molar-refractivity contribution in [1.29, 1.82) is 0 Å². The molecule has 0 aliphatic rings. The van der Waals surface area contributed by atoms with Crippen molar-refractivity contribution >= 4 is 0 Å². The van der Waals surface area contributed by atoms with Crippen LogP contribution in [0.1, 0.15) is 59.8 Å². The molecular formula is C15H30F3NO. The molecule has 0 aliphatic carbocycles. The summed E-state index contributed by atoms with van der Waals surface area (Å²) in [6.07, 6.45) is 0.657. The Balaban J connectivity index is 4.34. The average molecular weight is 297 g/mol. The van der Waals surface area contributed by atoms with E-state index in [1.807, 2.05) is 0 Å². The molecular weight excluding hydrogens is 267 g/mol. The molecule has 0 radical (unpaired) electrons. The summed E-state index contributed by atoms with van der Waals surface area (Å²) in [6.45, 7) is 8.30. The predicted molar refractivity (Wildman–Crippen MR) is 76.9 cm³/mol. The van der Waals surface area contributed by atoms with Gasteiger partial charge in [0.05, 0.1) is 0 Å². The molecule has 0 aliphatic heterocycles. The lowest BCUT2D eigenvalue weighted by Crippen LogP contribution is -2.38. The molecule has 0 rings (SSSR count). The number of nitrogens with one attached hydrogen (secondary N) is 1. The SMILES string of the molecule is CCCCC(CC)(CCOCC(F)(F)F)CNC(C)C. The average Bonchev–Trinajstić information content (AvgIpc) is 2.36. The summed E-state index contributed by atoms with van der Waals surface area (Å²) in [7, 11) is 0. The van der Waals surface area contributed by atoms with Gasteiger partial charge < -0.3 is 10.1 Å². The molecule has 0 heterocycles. The van der Waals surface area contributed by atoms with Gasteiger partial charge in [-0.05, 0) is 24.7 Å². The molecule has 0 aromatic carbocycles. The number of alkyl halides is 3. The summed E-state index contributed by atoms with van der Waals surface area (Å²) in [6, 6.07) is 0.388. The zero-order valence-electron chi connectivity index (χ0n) is 13.3. The minimum absolute atomic E-state index is 0.0475. The van der Waals surface area contributed by atoms with Crippen LogP contribution in [0.3, 0.4) is 0 Å². The molecule has 20 heavy (non-hydrogen) atoms. The van der Waals surface area contributed by atoms with Gasteiger partial charge in [0.2, 0.25) is 0 Å². The van der Waals surface area contributed by atoms with Gasteiger partial charge in [0.15, 0.2) is 0 Å². The normalized spacial score (nSPS) is 15.6. The number of ether oxygens (including phenoxy) is 1. The van der Waals surface area contributed by atoms with Gasteiger partial charge in [-0.25, -0.2) is 0 Å². The summed E-state index contributed by atoms with van der Waals surface area (Å²) in [4.78, 5) is 0. The molecule has 122 valence electrons. The Bertz CT molecular complexity index is 244. The molecule has 0 saturated heterocycles. The van der Waals surface area contributed by atoms with E-state index in [-0.39, 0.29) is 12.0 Å². The van der Waals surface area contributed by atoms with Gasteiger partial charge in [-0.1, -0.05) is 40.5 Å². The van der Waals surface area contributed by atoms with Gasteiger partial charge in [0, 0.05) is 19.2 Å². The van der Waals surface area contributed by atoms with E-state index in [4.69, 9.17) is 4.74 Å². The van der Waals surface area contributed by atoms with Gasteiger partial charge in [0.1, 0.15) is 6.61 Å². The summed E-state index contributed by atoms with van der Waals surface area (Å²) in [5, 5.41) is 3.43. The molecule has 2 nitrogen and oxygen atoms in total. The van der Waals surface area contributed by atoms with Crippen LogP contribution >= 0.6 is 0 Å². The lowest BCUT2D eigenvalue weighted by Gasteiger charge is -2.34. The first-order chi connectivity index (χ1) is 9.24. The first-order valence-electron chi connectivity index (χ1n) is 7.62. The van der Waals surface area contributed by atoms with E-state index >= 15 is 0 Å². The Labute approximate surface area is 121 Å². The standard InChI is InChI=1S/C15H30F3NO/c1-5-7-8-14(6-2,11-19-13(3)4)9-10-20-12-15(16,17)18/h13,19H,5-12H2,1-4H3. The molecule has 0 amide bonds. The molecule has 5 heteroatoms. The monoisotopic (exact) mass is 297 g/mol. The molecule has 1 atom stereocenters. The van der Waals surface area contributed by atoms with E-state index in [0.717, 1.165) is 32.2 Å². The quantitative estimate of drug-likeness (QED) is 0.565. The van der Waals surface area contributed by atoms with Crippen LogP contribution in [0.5, 0.6) is 0 Å². The van der Waals surface area contributed by atoms with E-state index in [9.17, 15) is 13.2 Å². The number of rotatable bonds is 11. The zero-order valence-corrected chi connectivity index (χ0v) is 13.3. The molecule has 0 bridgehead atoms. The van der Waals surface area contributed by atoms with Crippen molar-refractivity contribution in [2.45, 2.75) is 72.0 Å². The second-order valence-corrected chi connectivity index (χ2v) is 5.91. The molecule has 0 saturated carbocycles. The van der Waals surface area contributed by atoms with Gasteiger partial charge in [-0.3, -0.25) is 0 Å². The van der Waals surface area contributed by atoms with Gasteiger partial charge in [0.25, 0.3) is 0 Å². The van der Waals surface area contributed by atoms with Gasteiger partial charge in [-0.2, -0.15) is 13.2 Å². The highest BCUT2D eigenvalue weighted by atomic mass is 19.4. The third-order valence-electron chi connectivity index (χ3n) is 3.74. The van der Waals surface area contributed by atoms with Crippen molar-refractivity contribution in [1.82, 2.24) is 5.32 Å². The first-order valence-corrected chi connectivity index (χ1v) is 7.62. The van der Waals surface area contributed by atoms with Crippen molar-refractivity contribution in [3.05, 3.63) is 0 Å². The highest BCUT2D eigenvalue weighted by Gasteiger charge is 2.30. The van der Waals surface area contributed by atoms with Crippen LogP contribution in [-0.4, -0.2) is 32.0 Å². The minimum Gasteiger partial charge on any atom is -0.372 e. The maximum atomic E-state index is 12.1. The lowest BCUT2D eigenvalue weighted by molar-refractivity contribution is -0.175. The third-order valence-corrected chi connectivity index (χ3v) is 3.74. The van der Waals surface area contributed by atoms with Crippen LogP contribution in [0.4, 0.5) is 13.2 Å². The summed E-state index contributed by atoms with van der Waals surface area (Å²) in [5.41, 5.74) is 0.0475. The summed E-state index contributed by atoms with van der Waals surface area (Å²) < 4.78 is 41.0. The van der Waals surface area contributed by atoms with Crippen LogP contribution in [0, 0.1) is 5.41 Å². The van der Waals surface area contributed by atoms with Crippen molar-refractivity contribution in [3.8, 4) is 0 Å². The molecule has 0 spiro atoms. The fourth-order valence-corrected chi connectivity index (χ4v) is 2.23. The second kappa shape index (κ2) is 9.61. The van der Waals surface area contributed by atoms with Crippen LogP contribution in [-0.2, 0) is 4.74 Å². The maximum Gasteiger partial charge on any atom is 0.411 e. The van der Waals surface area contributed by atoms with E-state index in [2.05, 4.69) is 33.0 Å². The molecule has 1 N–H and O–H groups in total. The van der Waals surface area contributed by atoms with E-state index in [1.165, 1.54) is 0 Å². The maximum absolute atomic E-state index is 12.1. The number of unbranched alkanes of at least 4 members (excludes halogenated alkanes) is 1. The molecule has 0 aromatic rings. The van der Waals surface area contributed by atoms with Crippen LogP contribution in [0.25, 0.3) is 0 Å². The van der Waals surface area contributed by atoms with Crippen molar-refractivity contribution in [2.75, 3.05) is 19.8 Å². The minimum atomic E-state index is -4.23. The van der Waals surface area contributed by atoms with Crippen LogP contribution in [0.2, 0.25) is 0 Å². The Morgan fingerprint density at radius 3 is 2.20 bits per heavy atom.